The van der Waals surface area contributed by atoms with Crippen molar-refractivity contribution in [3.8, 4) is 0 Å². The first-order chi connectivity index (χ1) is 7.97. The molecule has 0 aliphatic carbocycles. The number of allylic oxidation sites excluding steroid dienone is 5. The molecule has 0 aromatic carbocycles. The molecule has 0 aromatic rings. The lowest BCUT2D eigenvalue weighted by Crippen LogP contribution is -1.94. The SMILES string of the molecule is CC(=CC=CCC(C)CCC(C)=C(C)C)CO. The molecule has 1 nitrogen and oxygen atoms in total. The number of hydrogen-bond donors (Lipinski definition) is 1. The van der Waals surface area contributed by atoms with Crippen molar-refractivity contribution < 1.29 is 5.11 Å². The minimum atomic E-state index is 0.152. The molecule has 0 fully saturated rings. The summed E-state index contributed by atoms with van der Waals surface area (Å²) in [6.07, 6.45) is 9.81. The van der Waals surface area contributed by atoms with Gasteiger partial charge in [-0.05, 0) is 58.4 Å². The van der Waals surface area contributed by atoms with E-state index in [1.807, 2.05) is 13.0 Å². The molecule has 0 aliphatic heterocycles. The molecule has 1 N–H and O–H groups in total. The van der Waals surface area contributed by atoms with E-state index in [0.29, 0.717) is 0 Å². The van der Waals surface area contributed by atoms with E-state index in [4.69, 9.17) is 5.11 Å². The maximum Gasteiger partial charge on any atom is 0.0642 e. The Bertz CT molecular complexity index is 291. The minimum absolute atomic E-state index is 0.152. The highest BCUT2D eigenvalue weighted by Gasteiger charge is 2.00. The van der Waals surface area contributed by atoms with E-state index in [2.05, 4.69) is 39.8 Å². The van der Waals surface area contributed by atoms with Gasteiger partial charge in [0.2, 0.25) is 0 Å². The fourth-order valence-corrected chi connectivity index (χ4v) is 1.43. The van der Waals surface area contributed by atoms with E-state index in [1.165, 1.54) is 24.0 Å². The molecular weight excluding hydrogens is 208 g/mol. The van der Waals surface area contributed by atoms with Gasteiger partial charge >= 0.3 is 0 Å². The monoisotopic (exact) mass is 236 g/mol. The molecule has 0 aromatic heterocycles. The van der Waals surface area contributed by atoms with Gasteiger partial charge in [0.05, 0.1) is 6.61 Å². The third-order valence-electron chi connectivity index (χ3n) is 3.17. The Morgan fingerprint density at radius 1 is 1.18 bits per heavy atom. The zero-order chi connectivity index (χ0) is 13.3. The summed E-state index contributed by atoms with van der Waals surface area (Å²) in [6.45, 7) is 11.0. The van der Waals surface area contributed by atoms with Crippen LogP contribution in [0, 0.1) is 5.92 Å². The van der Waals surface area contributed by atoms with Crippen LogP contribution in [-0.4, -0.2) is 11.7 Å². The molecule has 1 heteroatoms. The molecule has 1 atom stereocenters. The van der Waals surface area contributed by atoms with Crippen LogP contribution in [0.1, 0.15) is 53.9 Å². The van der Waals surface area contributed by atoms with Gasteiger partial charge in [0.25, 0.3) is 0 Å². The van der Waals surface area contributed by atoms with Crippen LogP contribution >= 0.6 is 0 Å². The summed E-state index contributed by atoms with van der Waals surface area (Å²) < 4.78 is 0. The molecular formula is C16H28O. The van der Waals surface area contributed by atoms with Crippen LogP contribution in [-0.2, 0) is 0 Å². The van der Waals surface area contributed by atoms with Gasteiger partial charge < -0.3 is 5.11 Å². The van der Waals surface area contributed by atoms with E-state index < -0.39 is 0 Å². The van der Waals surface area contributed by atoms with Gasteiger partial charge in [-0.3, -0.25) is 0 Å². The van der Waals surface area contributed by atoms with E-state index >= 15 is 0 Å². The van der Waals surface area contributed by atoms with Crippen molar-refractivity contribution in [2.24, 2.45) is 5.92 Å². The zero-order valence-corrected chi connectivity index (χ0v) is 12.1. The summed E-state index contributed by atoms with van der Waals surface area (Å²) in [6, 6.07) is 0. The van der Waals surface area contributed by atoms with Crippen molar-refractivity contribution in [2.75, 3.05) is 6.61 Å². The number of rotatable bonds is 7. The third-order valence-corrected chi connectivity index (χ3v) is 3.17. The summed E-state index contributed by atoms with van der Waals surface area (Å²) in [5.74, 6) is 0.725. The van der Waals surface area contributed by atoms with Gasteiger partial charge in [0.1, 0.15) is 0 Å². The highest BCUT2D eigenvalue weighted by atomic mass is 16.3. The molecule has 0 heterocycles. The van der Waals surface area contributed by atoms with Crippen molar-refractivity contribution in [3.63, 3.8) is 0 Å². The second-order valence-corrected chi connectivity index (χ2v) is 5.26. The molecule has 0 spiro atoms. The first-order valence-corrected chi connectivity index (χ1v) is 6.53. The second-order valence-electron chi connectivity index (χ2n) is 5.26. The summed E-state index contributed by atoms with van der Waals surface area (Å²) >= 11 is 0. The molecule has 17 heavy (non-hydrogen) atoms. The lowest BCUT2D eigenvalue weighted by molar-refractivity contribution is 0.331. The van der Waals surface area contributed by atoms with Gasteiger partial charge in [-0.1, -0.05) is 36.3 Å². The summed E-state index contributed by atoms with van der Waals surface area (Å²) in [5.41, 5.74) is 3.99. The molecule has 0 saturated carbocycles. The van der Waals surface area contributed by atoms with Crippen LogP contribution in [0.15, 0.2) is 34.9 Å². The first-order valence-electron chi connectivity index (χ1n) is 6.53. The molecule has 0 radical (unpaired) electrons. The van der Waals surface area contributed by atoms with Gasteiger partial charge in [0.15, 0.2) is 0 Å². The van der Waals surface area contributed by atoms with Crippen molar-refractivity contribution in [1.82, 2.24) is 0 Å². The summed E-state index contributed by atoms with van der Waals surface area (Å²) in [7, 11) is 0. The average Bonchev–Trinajstić information content (AvgIpc) is 2.30. The Morgan fingerprint density at radius 3 is 2.35 bits per heavy atom. The highest BCUT2D eigenvalue weighted by Crippen LogP contribution is 2.17. The van der Waals surface area contributed by atoms with E-state index in [9.17, 15) is 0 Å². The Kier molecular flexibility index (Phi) is 8.79. The van der Waals surface area contributed by atoms with E-state index in [0.717, 1.165) is 17.9 Å². The highest BCUT2D eigenvalue weighted by molar-refractivity contribution is 5.10. The quantitative estimate of drug-likeness (QED) is 0.504. The standard InChI is InChI=1S/C16H28O/c1-13(2)16(5)11-10-14(3)8-6-7-9-15(4)12-17/h6-7,9,14,17H,8,10-12H2,1-5H3. The van der Waals surface area contributed by atoms with Crippen LogP contribution in [0.4, 0.5) is 0 Å². The van der Waals surface area contributed by atoms with Crippen molar-refractivity contribution >= 4 is 0 Å². The number of hydrogen-bond acceptors (Lipinski definition) is 1. The van der Waals surface area contributed by atoms with Crippen LogP contribution in [0.25, 0.3) is 0 Å². The fraction of sp³-hybridized carbons (Fsp3) is 0.625. The van der Waals surface area contributed by atoms with Crippen molar-refractivity contribution in [2.45, 2.75) is 53.9 Å². The van der Waals surface area contributed by atoms with Gasteiger partial charge in [-0.25, -0.2) is 0 Å². The Morgan fingerprint density at radius 2 is 1.82 bits per heavy atom. The molecule has 0 aliphatic rings. The third kappa shape index (κ3) is 8.93. The normalized spacial score (nSPS) is 14.1. The van der Waals surface area contributed by atoms with E-state index in [1.54, 1.807) is 0 Å². The molecule has 0 bridgehead atoms. The lowest BCUT2D eigenvalue weighted by Gasteiger charge is -2.09. The van der Waals surface area contributed by atoms with Crippen molar-refractivity contribution in [3.05, 3.63) is 34.9 Å². The van der Waals surface area contributed by atoms with Crippen LogP contribution < -0.4 is 0 Å². The topological polar surface area (TPSA) is 20.2 Å². The predicted molar refractivity (Wildman–Crippen MR) is 77.0 cm³/mol. The van der Waals surface area contributed by atoms with E-state index in [-0.39, 0.29) is 6.61 Å². The lowest BCUT2D eigenvalue weighted by atomic mass is 9.97. The Labute approximate surface area is 107 Å². The Hall–Kier alpha value is -0.820. The Balaban J connectivity index is 3.89. The maximum absolute atomic E-state index is 8.83. The summed E-state index contributed by atoms with van der Waals surface area (Å²) in [5, 5.41) is 8.83. The van der Waals surface area contributed by atoms with Crippen LogP contribution in [0.2, 0.25) is 0 Å². The second kappa shape index (κ2) is 9.23. The molecule has 0 rings (SSSR count). The zero-order valence-electron chi connectivity index (χ0n) is 12.1. The van der Waals surface area contributed by atoms with Gasteiger partial charge in [0, 0.05) is 0 Å². The largest absolute Gasteiger partial charge is 0.392 e. The molecule has 0 saturated heterocycles. The summed E-state index contributed by atoms with van der Waals surface area (Å²) in [4.78, 5) is 0. The predicted octanol–water partition coefficient (Wildman–Crippen LogP) is 4.64. The number of aliphatic hydroxyl groups excluding tert-OH is 1. The van der Waals surface area contributed by atoms with Crippen molar-refractivity contribution in [1.29, 1.82) is 0 Å². The minimum Gasteiger partial charge on any atom is -0.392 e. The molecule has 98 valence electrons. The molecule has 0 amide bonds. The smallest absolute Gasteiger partial charge is 0.0642 e. The first kappa shape index (κ1) is 16.2. The van der Waals surface area contributed by atoms with Gasteiger partial charge in [-0.15, -0.1) is 0 Å². The maximum atomic E-state index is 8.83. The van der Waals surface area contributed by atoms with Crippen LogP contribution in [0.5, 0.6) is 0 Å². The number of aliphatic hydroxyl groups is 1. The van der Waals surface area contributed by atoms with Crippen LogP contribution in [0.3, 0.4) is 0 Å². The average molecular weight is 236 g/mol. The molecule has 1 unspecified atom stereocenters. The fourth-order valence-electron chi connectivity index (χ4n) is 1.43. The van der Waals surface area contributed by atoms with Gasteiger partial charge in [-0.2, -0.15) is 0 Å².